The van der Waals surface area contributed by atoms with Crippen LogP contribution >= 0.6 is 0 Å². The summed E-state index contributed by atoms with van der Waals surface area (Å²) in [7, 11) is 5.02. The summed E-state index contributed by atoms with van der Waals surface area (Å²) in [5.41, 5.74) is 0.320. The molecule has 0 unspecified atom stereocenters. The summed E-state index contributed by atoms with van der Waals surface area (Å²) in [6, 6.07) is 1.81. The fraction of sp³-hybridized carbons (Fsp3) is 0.667. The maximum Gasteiger partial charge on any atom is 0.272 e. The first kappa shape index (κ1) is 16.3. The third-order valence-electron chi connectivity index (χ3n) is 3.85. The molecule has 1 aromatic rings. The molecule has 0 bridgehead atoms. The van der Waals surface area contributed by atoms with Crippen LogP contribution in [0.2, 0.25) is 0 Å². The summed E-state index contributed by atoms with van der Waals surface area (Å²) >= 11 is 0. The van der Waals surface area contributed by atoms with Crippen LogP contribution in [0.25, 0.3) is 0 Å². The number of nitrogens with zero attached hydrogens (tertiary/aromatic N) is 3. The van der Waals surface area contributed by atoms with E-state index in [0.29, 0.717) is 11.6 Å². The number of likely N-dealkylation sites (N-methyl/N-ethyl adjacent to an activating group) is 1. The van der Waals surface area contributed by atoms with Gasteiger partial charge in [-0.25, -0.2) is 4.68 Å². The predicted molar refractivity (Wildman–Crippen MR) is 81.7 cm³/mol. The van der Waals surface area contributed by atoms with E-state index in [0.717, 1.165) is 25.7 Å². The van der Waals surface area contributed by atoms with Gasteiger partial charge in [0.05, 0.1) is 0 Å². The smallest absolute Gasteiger partial charge is 0.272 e. The molecule has 1 aliphatic carbocycles. The Morgan fingerprint density at radius 2 is 2.05 bits per heavy atom. The first-order valence-corrected chi connectivity index (χ1v) is 7.65. The van der Waals surface area contributed by atoms with E-state index in [1.165, 1.54) is 16.0 Å². The lowest BCUT2D eigenvalue weighted by Crippen LogP contribution is -2.36. The zero-order valence-electron chi connectivity index (χ0n) is 13.5. The standard InChI is InChI=1S/C15H24N4O3/c1-18(2)13(20)10-22-14-9-12(17-19(14)3)15(21)16-11-7-5-4-6-8-11/h9,11H,4-8,10H2,1-3H3,(H,16,21). The molecule has 2 rings (SSSR count). The molecule has 7 heteroatoms. The average molecular weight is 308 g/mol. The predicted octanol–water partition coefficient (Wildman–Crippen LogP) is 0.950. The van der Waals surface area contributed by atoms with E-state index in [4.69, 9.17) is 4.74 Å². The first-order valence-electron chi connectivity index (χ1n) is 7.65. The van der Waals surface area contributed by atoms with E-state index in [9.17, 15) is 9.59 Å². The fourth-order valence-corrected chi connectivity index (χ4v) is 2.47. The quantitative estimate of drug-likeness (QED) is 0.878. The summed E-state index contributed by atoms with van der Waals surface area (Å²) < 4.78 is 6.88. The Hall–Kier alpha value is -2.05. The van der Waals surface area contributed by atoms with Crippen molar-refractivity contribution < 1.29 is 14.3 Å². The molecule has 0 aromatic carbocycles. The van der Waals surface area contributed by atoms with Crippen LogP contribution in [-0.4, -0.2) is 53.2 Å². The molecular weight excluding hydrogens is 284 g/mol. The minimum Gasteiger partial charge on any atom is -0.468 e. The molecule has 0 aliphatic heterocycles. The molecule has 0 saturated heterocycles. The third kappa shape index (κ3) is 4.22. The fourth-order valence-electron chi connectivity index (χ4n) is 2.47. The van der Waals surface area contributed by atoms with Gasteiger partial charge in [0.2, 0.25) is 5.88 Å². The van der Waals surface area contributed by atoms with E-state index in [1.807, 2.05) is 0 Å². The van der Waals surface area contributed by atoms with Crippen molar-refractivity contribution in [1.82, 2.24) is 20.0 Å². The number of hydrogen-bond acceptors (Lipinski definition) is 4. The minimum atomic E-state index is -0.184. The second kappa shape index (κ2) is 7.29. The molecule has 1 N–H and O–H groups in total. The highest BCUT2D eigenvalue weighted by molar-refractivity contribution is 5.92. The highest BCUT2D eigenvalue weighted by atomic mass is 16.5. The molecule has 0 spiro atoms. The van der Waals surface area contributed by atoms with E-state index in [-0.39, 0.29) is 24.5 Å². The highest BCUT2D eigenvalue weighted by Gasteiger charge is 2.20. The minimum absolute atomic E-state index is 0.0732. The second-order valence-electron chi connectivity index (χ2n) is 5.88. The Morgan fingerprint density at radius 3 is 2.68 bits per heavy atom. The van der Waals surface area contributed by atoms with Gasteiger partial charge in [0, 0.05) is 33.3 Å². The number of ether oxygens (including phenoxy) is 1. The Bertz CT molecular complexity index is 533. The van der Waals surface area contributed by atoms with Crippen molar-refractivity contribution >= 4 is 11.8 Å². The number of carbonyl (C=O) groups is 2. The lowest BCUT2D eigenvalue weighted by Gasteiger charge is -2.22. The maximum absolute atomic E-state index is 12.2. The Kier molecular flexibility index (Phi) is 5.41. The molecule has 122 valence electrons. The summed E-state index contributed by atoms with van der Waals surface area (Å²) in [5, 5.41) is 7.17. The van der Waals surface area contributed by atoms with Gasteiger partial charge in [-0.1, -0.05) is 19.3 Å². The summed E-state index contributed by atoms with van der Waals surface area (Å²) in [5.74, 6) is 0.0784. The van der Waals surface area contributed by atoms with Gasteiger partial charge in [0.1, 0.15) is 0 Å². The van der Waals surface area contributed by atoms with E-state index in [2.05, 4.69) is 10.4 Å². The van der Waals surface area contributed by atoms with Gasteiger partial charge < -0.3 is 15.0 Å². The summed E-state index contributed by atoms with van der Waals surface area (Å²) in [6.07, 6.45) is 5.62. The molecule has 1 saturated carbocycles. The molecular formula is C15H24N4O3. The normalized spacial score (nSPS) is 15.4. The number of nitrogens with one attached hydrogen (secondary N) is 1. The van der Waals surface area contributed by atoms with Crippen LogP contribution in [0, 0.1) is 0 Å². The largest absolute Gasteiger partial charge is 0.468 e. The SMILES string of the molecule is CN(C)C(=O)COc1cc(C(=O)NC2CCCCC2)nn1C. The molecule has 1 aliphatic rings. The first-order chi connectivity index (χ1) is 10.5. The van der Waals surface area contributed by atoms with Gasteiger partial charge in [-0.3, -0.25) is 9.59 Å². The lowest BCUT2D eigenvalue weighted by atomic mass is 9.95. The van der Waals surface area contributed by atoms with Crippen LogP contribution < -0.4 is 10.1 Å². The van der Waals surface area contributed by atoms with Crippen molar-refractivity contribution in [2.24, 2.45) is 7.05 Å². The van der Waals surface area contributed by atoms with Crippen molar-refractivity contribution in [1.29, 1.82) is 0 Å². The zero-order chi connectivity index (χ0) is 16.1. The second-order valence-corrected chi connectivity index (χ2v) is 5.88. The number of rotatable bonds is 5. The molecule has 7 nitrogen and oxygen atoms in total. The Morgan fingerprint density at radius 1 is 1.36 bits per heavy atom. The average Bonchev–Trinajstić information content (AvgIpc) is 2.87. The van der Waals surface area contributed by atoms with Crippen molar-refractivity contribution in [3.05, 3.63) is 11.8 Å². The maximum atomic E-state index is 12.2. The summed E-state index contributed by atoms with van der Waals surface area (Å²) in [6.45, 7) is -0.0732. The Labute approximate surface area is 130 Å². The number of hydrogen-bond donors (Lipinski definition) is 1. The number of aryl methyl sites for hydroxylation is 1. The number of aromatic nitrogens is 2. The van der Waals surface area contributed by atoms with Gasteiger partial charge in [0.25, 0.3) is 11.8 Å². The van der Waals surface area contributed by atoms with Crippen molar-refractivity contribution in [2.75, 3.05) is 20.7 Å². The van der Waals surface area contributed by atoms with Crippen molar-refractivity contribution in [2.45, 2.75) is 38.1 Å². The van der Waals surface area contributed by atoms with Crippen LogP contribution in [0.4, 0.5) is 0 Å². The Balaban J connectivity index is 1.93. The lowest BCUT2D eigenvalue weighted by molar-refractivity contribution is -0.130. The molecule has 2 amide bonds. The molecule has 1 fully saturated rings. The van der Waals surface area contributed by atoms with Gasteiger partial charge in [0.15, 0.2) is 12.3 Å². The molecule has 0 radical (unpaired) electrons. The third-order valence-corrected chi connectivity index (χ3v) is 3.85. The van der Waals surface area contributed by atoms with Crippen LogP contribution in [0.5, 0.6) is 5.88 Å². The van der Waals surface area contributed by atoms with Crippen LogP contribution in [0.1, 0.15) is 42.6 Å². The van der Waals surface area contributed by atoms with Crippen LogP contribution in [-0.2, 0) is 11.8 Å². The molecule has 0 atom stereocenters. The van der Waals surface area contributed by atoms with Crippen molar-refractivity contribution in [3.8, 4) is 5.88 Å². The zero-order valence-corrected chi connectivity index (χ0v) is 13.5. The van der Waals surface area contributed by atoms with Gasteiger partial charge in [-0.15, -0.1) is 0 Å². The molecule has 1 aromatic heterocycles. The van der Waals surface area contributed by atoms with E-state index in [1.54, 1.807) is 27.2 Å². The van der Waals surface area contributed by atoms with Gasteiger partial charge in [-0.05, 0) is 12.8 Å². The summed E-state index contributed by atoms with van der Waals surface area (Å²) in [4.78, 5) is 25.2. The van der Waals surface area contributed by atoms with Crippen LogP contribution in [0.3, 0.4) is 0 Å². The monoisotopic (exact) mass is 308 g/mol. The number of amides is 2. The number of carbonyl (C=O) groups excluding carboxylic acids is 2. The van der Waals surface area contributed by atoms with Gasteiger partial charge >= 0.3 is 0 Å². The molecule has 22 heavy (non-hydrogen) atoms. The van der Waals surface area contributed by atoms with Crippen LogP contribution in [0.15, 0.2) is 6.07 Å². The topological polar surface area (TPSA) is 76.5 Å². The van der Waals surface area contributed by atoms with E-state index < -0.39 is 0 Å². The van der Waals surface area contributed by atoms with Gasteiger partial charge in [-0.2, -0.15) is 5.10 Å². The van der Waals surface area contributed by atoms with E-state index >= 15 is 0 Å². The van der Waals surface area contributed by atoms with Crippen molar-refractivity contribution in [3.63, 3.8) is 0 Å². The highest BCUT2D eigenvalue weighted by Crippen LogP contribution is 2.18. The molecule has 1 heterocycles.